The molecule has 0 radical (unpaired) electrons. The molecule has 2 fully saturated rings. The molecule has 2 unspecified atom stereocenters. The number of ether oxygens (including phenoxy) is 1. The highest BCUT2D eigenvalue weighted by Crippen LogP contribution is 2.30. The van der Waals surface area contributed by atoms with Crippen LogP contribution < -0.4 is 11.1 Å². The monoisotopic (exact) mass is 268 g/mol. The van der Waals surface area contributed by atoms with Crippen molar-refractivity contribution in [2.45, 2.75) is 70.6 Å². The van der Waals surface area contributed by atoms with E-state index in [4.69, 9.17) is 10.5 Å². The molecule has 0 spiro atoms. The van der Waals surface area contributed by atoms with Gasteiger partial charge in [-0.2, -0.15) is 0 Å². The zero-order chi connectivity index (χ0) is 13.8. The highest BCUT2D eigenvalue weighted by molar-refractivity contribution is 5.81. The van der Waals surface area contributed by atoms with E-state index in [1.54, 1.807) is 0 Å². The molecule has 4 heteroatoms. The van der Waals surface area contributed by atoms with Gasteiger partial charge in [0.25, 0.3) is 0 Å². The molecule has 19 heavy (non-hydrogen) atoms. The normalized spacial score (nSPS) is 35.6. The van der Waals surface area contributed by atoms with Crippen LogP contribution in [0.4, 0.5) is 0 Å². The Bertz CT molecular complexity index is 307. The minimum atomic E-state index is -0.275. The van der Waals surface area contributed by atoms with Crippen molar-refractivity contribution >= 4 is 5.91 Å². The molecule has 0 aromatic carbocycles. The van der Waals surface area contributed by atoms with Crippen molar-refractivity contribution < 1.29 is 9.53 Å². The van der Waals surface area contributed by atoms with Crippen LogP contribution in [-0.4, -0.2) is 30.7 Å². The van der Waals surface area contributed by atoms with Gasteiger partial charge < -0.3 is 15.8 Å². The van der Waals surface area contributed by atoms with E-state index in [1.807, 2.05) is 0 Å². The first-order valence-electron chi connectivity index (χ1n) is 7.77. The molecule has 0 aromatic heterocycles. The molecular weight excluding hydrogens is 240 g/mol. The highest BCUT2D eigenvalue weighted by Gasteiger charge is 2.34. The first kappa shape index (κ1) is 14.8. The smallest absolute Gasteiger partial charge is 0.249 e. The Kier molecular flexibility index (Phi) is 5.22. The zero-order valence-corrected chi connectivity index (χ0v) is 12.2. The Labute approximate surface area is 116 Å². The minimum absolute atomic E-state index is 0.0722. The van der Waals surface area contributed by atoms with Crippen LogP contribution in [0.15, 0.2) is 0 Å². The van der Waals surface area contributed by atoms with Gasteiger partial charge in [-0.1, -0.05) is 26.7 Å². The summed E-state index contributed by atoms with van der Waals surface area (Å²) in [5.41, 5.74) is 5.59. The van der Waals surface area contributed by atoms with E-state index < -0.39 is 0 Å². The van der Waals surface area contributed by atoms with Crippen LogP contribution in [0.5, 0.6) is 0 Å². The maximum absolute atomic E-state index is 12.3. The molecule has 1 heterocycles. The lowest BCUT2D eigenvalue weighted by Gasteiger charge is -2.35. The number of nitrogens with one attached hydrogen (secondary N) is 1. The molecule has 2 aliphatic rings. The lowest BCUT2D eigenvalue weighted by atomic mass is 9.78. The summed E-state index contributed by atoms with van der Waals surface area (Å²) in [7, 11) is 0. The second kappa shape index (κ2) is 6.71. The molecule has 3 N–H and O–H groups in total. The summed E-state index contributed by atoms with van der Waals surface area (Å²) in [6.45, 7) is 5.03. The van der Waals surface area contributed by atoms with Crippen molar-refractivity contribution in [2.24, 2.45) is 17.6 Å². The second-order valence-corrected chi connectivity index (χ2v) is 6.37. The van der Waals surface area contributed by atoms with E-state index in [2.05, 4.69) is 19.2 Å². The summed E-state index contributed by atoms with van der Waals surface area (Å²) in [5.74, 6) is 1.32. The van der Waals surface area contributed by atoms with Gasteiger partial charge in [0.05, 0.1) is 6.10 Å². The Morgan fingerprint density at radius 1 is 1.26 bits per heavy atom. The lowest BCUT2D eigenvalue weighted by Crippen LogP contribution is -2.47. The molecule has 0 bridgehead atoms. The fraction of sp³-hybridized carbons (Fsp3) is 0.933. The average molecular weight is 268 g/mol. The van der Waals surface area contributed by atoms with Gasteiger partial charge in [-0.15, -0.1) is 0 Å². The van der Waals surface area contributed by atoms with Crippen LogP contribution in [0.1, 0.15) is 52.4 Å². The third-order valence-corrected chi connectivity index (χ3v) is 4.67. The summed E-state index contributed by atoms with van der Waals surface area (Å²) in [6, 6.07) is 0.335. The van der Waals surface area contributed by atoms with Crippen LogP contribution in [0, 0.1) is 11.8 Å². The number of nitrogens with two attached hydrogens (primary N) is 1. The lowest BCUT2D eigenvalue weighted by molar-refractivity contribution is -0.133. The standard InChI is InChI=1S/C15H28N2O2/c1-10(2)12-5-3-4-6-13(12)17-15(18)14-8-7-11(9-16)19-14/h10-14H,3-9,16H2,1-2H3,(H,17,18)/t11-,12?,13?,14+/m1/s1. The van der Waals surface area contributed by atoms with Crippen molar-refractivity contribution in [1.82, 2.24) is 5.32 Å². The second-order valence-electron chi connectivity index (χ2n) is 6.37. The molecule has 2 rings (SSSR count). The topological polar surface area (TPSA) is 64.4 Å². The first-order valence-corrected chi connectivity index (χ1v) is 7.77. The third kappa shape index (κ3) is 3.69. The Morgan fingerprint density at radius 2 is 2.00 bits per heavy atom. The molecule has 0 aromatic rings. The summed E-state index contributed by atoms with van der Waals surface area (Å²) >= 11 is 0. The molecule has 4 nitrogen and oxygen atoms in total. The first-order chi connectivity index (χ1) is 9.11. The van der Waals surface area contributed by atoms with Crippen LogP contribution in [-0.2, 0) is 9.53 Å². The summed E-state index contributed by atoms with van der Waals surface area (Å²) in [6.07, 6.45) is 6.39. The van der Waals surface area contributed by atoms with Crippen molar-refractivity contribution in [3.8, 4) is 0 Å². The number of rotatable bonds is 4. The fourth-order valence-corrected chi connectivity index (χ4v) is 3.48. The van der Waals surface area contributed by atoms with Gasteiger partial charge in [-0.3, -0.25) is 4.79 Å². The van der Waals surface area contributed by atoms with Crippen LogP contribution in [0.2, 0.25) is 0 Å². The number of amides is 1. The summed E-state index contributed by atoms with van der Waals surface area (Å²) in [5, 5.41) is 3.23. The molecule has 110 valence electrons. The Balaban J connectivity index is 1.87. The summed E-state index contributed by atoms with van der Waals surface area (Å²) in [4.78, 5) is 12.3. The molecular formula is C15H28N2O2. The highest BCUT2D eigenvalue weighted by atomic mass is 16.5. The van der Waals surface area contributed by atoms with Crippen LogP contribution in [0.3, 0.4) is 0 Å². The van der Waals surface area contributed by atoms with Gasteiger partial charge >= 0.3 is 0 Å². The molecule has 1 aliphatic carbocycles. The predicted octanol–water partition coefficient (Wildman–Crippen LogP) is 1.82. The van der Waals surface area contributed by atoms with Gasteiger partial charge in [0.15, 0.2) is 0 Å². The fourth-order valence-electron chi connectivity index (χ4n) is 3.48. The maximum atomic E-state index is 12.3. The molecule has 1 amide bonds. The van der Waals surface area contributed by atoms with E-state index in [1.165, 1.54) is 19.3 Å². The summed E-state index contributed by atoms with van der Waals surface area (Å²) < 4.78 is 5.67. The van der Waals surface area contributed by atoms with Crippen molar-refractivity contribution in [3.63, 3.8) is 0 Å². The van der Waals surface area contributed by atoms with Crippen molar-refractivity contribution in [3.05, 3.63) is 0 Å². The zero-order valence-electron chi connectivity index (χ0n) is 12.2. The largest absolute Gasteiger partial charge is 0.364 e. The van der Waals surface area contributed by atoms with Crippen molar-refractivity contribution in [2.75, 3.05) is 6.54 Å². The van der Waals surface area contributed by atoms with Crippen LogP contribution in [0.25, 0.3) is 0 Å². The SMILES string of the molecule is CC(C)C1CCCCC1NC(=O)[C@@H]1CC[C@H](CN)O1. The molecule has 1 saturated carbocycles. The Morgan fingerprint density at radius 3 is 2.63 bits per heavy atom. The van der Waals surface area contributed by atoms with Gasteiger partial charge in [0.1, 0.15) is 6.10 Å². The number of carbonyl (C=O) groups is 1. The molecule has 1 aliphatic heterocycles. The van der Waals surface area contributed by atoms with Gasteiger partial charge in [0, 0.05) is 12.6 Å². The van der Waals surface area contributed by atoms with Gasteiger partial charge in [0.2, 0.25) is 5.91 Å². The quantitative estimate of drug-likeness (QED) is 0.817. The van der Waals surface area contributed by atoms with E-state index in [0.29, 0.717) is 24.4 Å². The number of carbonyl (C=O) groups excluding carboxylic acids is 1. The van der Waals surface area contributed by atoms with E-state index in [0.717, 1.165) is 19.3 Å². The van der Waals surface area contributed by atoms with Crippen LogP contribution >= 0.6 is 0 Å². The predicted molar refractivity (Wildman–Crippen MR) is 75.7 cm³/mol. The van der Waals surface area contributed by atoms with Crippen molar-refractivity contribution in [1.29, 1.82) is 0 Å². The van der Waals surface area contributed by atoms with E-state index in [9.17, 15) is 4.79 Å². The number of hydrogen-bond donors (Lipinski definition) is 2. The van der Waals surface area contributed by atoms with E-state index >= 15 is 0 Å². The molecule has 1 saturated heterocycles. The maximum Gasteiger partial charge on any atom is 0.249 e. The molecule has 4 atom stereocenters. The average Bonchev–Trinajstić information content (AvgIpc) is 2.88. The Hall–Kier alpha value is -0.610. The van der Waals surface area contributed by atoms with Gasteiger partial charge in [-0.25, -0.2) is 0 Å². The minimum Gasteiger partial charge on any atom is -0.364 e. The number of hydrogen-bond acceptors (Lipinski definition) is 3. The third-order valence-electron chi connectivity index (χ3n) is 4.67. The van der Waals surface area contributed by atoms with E-state index in [-0.39, 0.29) is 18.1 Å². The van der Waals surface area contributed by atoms with Gasteiger partial charge in [-0.05, 0) is 37.5 Å².